The lowest BCUT2D eigenvalue weighted by atomic mass is 10.1. The van der Waals surface area contributed by atoms with Gasteiger partial charge in [-0.1, -0.05) is 12.1 Å². The zero-order valence-electron chi connectivity index (χ0n) is 17.9. The third kappa shape index (κ3) is 6.43. The summed E-state index contributed by atoms with van der Waals surface area (Å²) < 4.78 is 6.09. The summed E-state index contributed by atoms with van der Waals surface area (Å²) in [6, 6.07) is 15.4. The van der Waals surface area contributed by atoms with Crippen molar-refractivity contribution in [3.8, 4) is 5.75 Å². The number of benzene rings is 2. The van der Waals surface area contributed by atoms with Gasteiger partial charge in [0.05, 0.1) is 0 Å². The molecule has 2 aromatic rings. The van der Waals surface area contributed by atoms with Gasteiger partial charge in [-0.2, -0.15) is 0 Å². The van der Waals surface area contributed by atoms with Crippen molar-refractivity contribution in [1.82, 2.24) is 15.1 Å². The second-order valence-corrected chi connectivity index (χ2v) is 8.26. The number of hydrogen-bond acceptors (Lipinski definition) is 4. The Morgan fingerprint density at radius 3 is 2.33 bits per heavy atom. The van der Waals surface area contributed by atoms with Crippen LogP contribution in [0.1, 0.15) is 28.8 Å². The van der Waals surface area contributed by atoms with Crippen molar-refractivity contribution in [1.29, 1.82) is 0 Å². The Hall–Kier alpha value is -2.64. The summed E-state index contributed by atoms with van der Waals surface area (Å²) >= 11 is 5.38. The van der Waals surface area contributed by atoms with Crippen LogP contribution >= 0.6 is 12.2 Å². The zero-order chi connectivity index (χ0) is 21.5. The molecule has 0 saturated carbocycles. The van der Waals surface area contributed by atoms with E-state index in [1.807, 2.05) is 24.3 Å². The van der Waals surface area contributed by atoms with E-state index in [9.17, 15) is 4.79 Å². The number of nitrogens with zero attached hydrogens (tertiary/aromatic N) is 2. The summed E-state index contributed by atoms with van der Waals surface area (Å²) in [6.45, 7) is 2.80. The lowest BCUT2D eigenvalue weighted by Crippen LogP contribution is -2.35. The number of likely N-dealkylation sites (tertiary alicyclic amines) is 1. The largest absolute Gasteiger partial charge is 0.490 e. The minimum atomic E-state index is -0.0227. The van der Waals surface area contributed by atoms with E-state index < -0.39 is 0 Å². The maximum atomic E-state index is 11.9. The molecular weight excluding hydrogens is 396 g/mol. The molecule has 0 aliphatic carbocycles. The van der Waals surface area contributed by atoms with E-state index in [-0.39, 0.29) is 5.91 Å². The van der Waals surface area contributed by atoms with Crippen molar-refractivity contribution in [2.75, 3.05) is 39.5 Å². The first kappa shape index (κ1) is 22.1. The molecule has 3 rings (SSSR count). The lowest BCUT2D eigenvalue weighted by Gasteiger charge is -2.29. The Morgan fingerprint density at radius 1 is 1.10 bits per heavy atom. The van der Waals surface area contributed by atoms with E-state index >= 15 is 0 Å². The van der Waals surface area contributed by atoms with Crippen LogP contribution in [0.2, 0.25) is 0 Å². The Balaban J connectivity index is 1.43. The number of anilines is 1. The second-order valence-electron chi connectivity index (χ2n) is 7.85. The van der Waals surface area contributed by atoms with E-state index in [0.717, 1.165) is 42.9 Å². The van der Waals surface area contributed by atoms with Gasteiger partial charge in [-0.05, 0) is 74.1 Å². The van der Waals surface area contributed by atoms with Crippen molar-refractivity contribution in [2.24, 2.45) is 0 Å². The Labute approximate surface area is 184 Å². The van der Waals surface area contributed by atoms with Crippen molar-refractivity contribution in [3.63, 3.8) is 0 Å². The van der Waals surface area contributed by atoms with E-state index in [2.05, 4.69) is 34.7 Å². The van der Waals surface area contributed by atoms with Crippen LogP contribution in [0.3, 0.4) is 0 Å². The molecule has 1 fully saturated rings. The van der Waals surface area contributed by atoms with Crippen LogP contribution in [0, 0.1) is 0 Å². The van der Waals surface area contributed by atoms with Crippen molar-refractivity contribution in [3.05, 3.63) is 59.7 Å². The van der Waals surface area contributed by atoms with Gasteiger partial charge in [-0.25, -0.2) is 0 Å². The van der Waals surface area contributed by atoms with Crippen molar-refractivity contribution < 1.29 is 9.53 Å². The molecule has 0 unspecified atom stereocenters. The molecule has 7 heteroatoms. The Morgan fingerprint density at radius 2 is 1.73 bits per heavy atom. The zero-order valence-corrected chi connectivity index (χ0v) is 18.7. The van der Waals surface area contributed by atoms with Crippen LogP contribution < -0.4 is 15.4 Å². The maximum Gasteiger partial charge on any atom is 0.253 e. The van der Waals surface area contributed by atoms with E-state index in [1.54, 1.807) is 31.1 Å². The molecule has 1 aliphatic heterocycles. The third-order valence-corrected chi connectivity index (χ3v) is 5.39. The molecule has 1 heterocycles. The van der Waals surface area contributed by atoms with Crippen LogP contribution in [0.4, 0.5) is 5.69 Å². The minimum Gasteiger partial charge on any atom is -0.490 e. The van der Waals surface area contributed by atoms with Gasteiger partial charge in [-0.15, -0.1) is 0 Å². The molecule has 1 saturated heterocycles. The predicted molar refractivity (Wildman–Crippen MR) is 125 cm³/mol. The molecule has 2 N–H and O–H groups in total. The Bertz CT molecular complexity index is 845. The van der Waals surface area contributed by atoms with Crippen LogP contribution in [-0.4, -0.2) is 61.2 Å². The highest BCUT2D eigenvalue weighted by molar-refractivity contribution is 7.80. The van der Waals surface area contributed by atoms with Gasteiger partial charge in [0.15, 0.2) is 5.11 Å². The SMILES string of the molecule is CN1CCC(Oc2ccc(CNC(=S)Nc3ccc(C(=O)N(C)C)cc3)cc2)CC1. The van der Waals surface area contributed by atoms with Gasteiger partial charge in [0.25, 0.3) is 5.91 Å². The quantitative estimate of drug-likeness (QED) is 0.691. The van der Waals surface area contributed by atoms with Gasteiger partial charge >= 0.3 is 0 Å². The Kier molecular flexibility index (Phi) is 7.65. The standard InChI is InChI=1S/C23H30N4O2S/c1-26(2)22(28)18-6-8-19(9-7-18)25-23(30)24-16-17-4-10-20(11-5-17)29-21-12-14-27(3)15-13-21/h4-11,21H,12-16H2,1-3H3,(H2,24,25,30). The normalized spacial score (nSPS) is 14.8. The number of ether oxygens (including phenoxy) is 1. The number of carbonyl (C=O) groups excluding carboxylic acids is 1. The van der Waals surface area contributed by atoms with Crippen LogP contribution in [0.25, 0.3) is 0 Å². The molecule has 0 aromatic heterocycles. The first-order valence-corrected chi connectivity index (χ1v) is 10.6. The fraction of sp³-hybridized carbons (Fsp3) is 0.391. The van der Waals surface area contributed by atoms with E-state index in [4.69, 9.17) is 17.0 Å². The lowest BCUT2D eigenvalue weighted by molar-refractivity contribution is 0.0827. The minimum absolute atomic E-state index is 0.0227. The number of rotatable bonds is 6. The van der Waals surface area contributed by atoms with E-state index in [0.29, 0.717) is 23.3 Å². The number of nitrogens with one attached hydrogen (secondary N) is 2. The fourth-order valence-corrected chi connectivity index (χ4v) is 3.48. The van der Waals surface area contributed by atoms with Gasteiger partial charge in [0.1, 0.15) is 11.9 Å². The molecule has 0 radical (unpaired) electrons. The summed E-state index contributed by atoms with van der Waals surface area (Å²) in [6.07, 6.45) is 2.45. The van der Waals surface area contributed by atoms with Crippen LogP contribution in [0.5, 0.6) is 5.75 Å². The predicted octanol–water partition coefficient (Wildman–Crippen LogP) is 3.35. The molecule has 1 amide bonds. The van der Waals surface area contributed by atoms with Crippen molar-refractivity contribution >= 4 is 28.9 Å². The summed E-state index contributed by atoms with van der Waals surface area (Å²) in [5, 5.41) is 6.89. The smallest absolute Gasteiger partial charge is 0.253 e. The molecule has 30 heavy (non-hydrogen) atoms. The van der Waals surface area contributed by atoms with Crippen molar-refractivity contribution in [2.45, 2.75) is 25.5 Å². The highest BCUT2D eigenvalue weighted by atomic mass is 32.1. The molecule has 160 valence electrons. The number of piperidine rings is 1. The van der Waals surface area contributed by atoms with Gasteiger partial charge in [0, 0.05) is 45.0 Å². The molecule has 0 spiro atoms. The number of thiocarbonyl (C=S) groups is 1. The highest BCUT2D eigenvalue weighted by Gasteiger charge is 2.17. The monoisotopic (exact) mass is 426 g/mol. The third-order valence-electron chi connectivity index (χ3n) is 5.14. The number of amides is 1. The summed E-state index contributed by atoms with van der Waals surface area (Å²) in [5.74, 6) is 0.895. The molecule has 6 nitrogen and oxygen atoms in total. The van der Waals surface area contributed by atoms with Crippen LogP contribution in [-0.2, 0) is 6.54 Å². The average Bonchev–Trinajstić information content (AvgIpc) is 2.75. The van der Waals surface area contributed by atoms with E-state index in [1.165, 1.54) is 0 Å². The fourth-order valence-electron chi connectivity index (χ4n) is 3.29. The molecule has 2 aromatic carbocycles. The molecule has 1 aliphatic rings. The number of carbonyl (C=O) groups is 1. The molecule has 0 bridgehead atoms. The van der Waals surface area contributed by atoms with Crippen LogP contribution in [0.15, 0.2) is 48.5 Å². The first-order chi connectivity index (χ1) is 14.4. The van der Waals surface area contributed by atoms with Gasteiger partial charge < -0.3 is 25.2 Å². The topological polar surface area (TPSA) is 56.8 Å². The first-order valence-electron chi connectivity index (χ1n) is 10.2. The van der Waals surface area contributed by atoms with Gasteiger partial charge in [-0.3, -0.25) is 4.79 Å². The second kappa shape index (κ2) is 10.4. The van der Waals surface area contributed by atoms with Gasteiger partial charge in [0.2, 0.25) is 0 Å². The highest BCUT2D eigenvalue weighted by Crippen LogP contribution is 2.19. The summed E-state index contributed by atoms with van der Waals surface area (Å²) in [4.78, 5) is 15.8. The molecule has 0 atom stereocenters. The summed E-state index contributed by atoms with van der Waals surface area (Å²) in [7, 11) is 5.63. The average molecular weight is 427 g/mol. The maximum absolute atomic E-state index is 11.9. The number of hydrogen-bond donors (Lipinski definition) is 2. The molecular formula is C23H30N4O2S. The summed E-state index contributed by atoms with van der Waals surface area (Å²) in [5.41, 5.74) is 2.61.